The fourth-order valence-electron chi connectivity index (χ4n) is 1.99. The van der Waals surface area contributed by atoms with Crippen LogP contribution in [0, 0.1) is 0 Å². The molecule has 102 valence electrons. The number of aromatic nitrogens is 2. The van der Waals surface area contributed by atoms with Gasteiger partial charge >= 0.3 is 0 Å². The number of imidazole rings is 1. The summed E-state index contributed by atoms with van der Waals surface area (Å²) in [6, 6.07) is 8.32. The Hall–Kier alpha value is -1.81. The minimum absolute atomic E-state index is 0.190. The van der Waals surface area contributed by atoms with Crippen molar-refractivity contribution in [3.63, 3.8) is 0 Å². The SMILES string of the molecule is CC(N)Cc1ccc(OCCc2nccn2C)cc1. The standard InChI is InChI=1S/C15H21N3O/c1-12(16)11-13-3-5-14(6-4-13)19-10-7-15-17-8-9-18(15)2/h3-6,8-9,12H,7,10-11,16H2,1-2H3. The molecule has 0 radical (unpaired) electrons. The third-order valence-electron chi connectivity index (χ3n) is 3.00. The topological polar surface area (TPSA) is 53.1 Å². The van der Waals surface area contributed by atoms with E-state index in [0.717, 1.165) is 24.4 Å². The minimum Gasteiger partial charge on any atom is -0.493 e. The van der Waals surface area contributed by atoms with E-state index >= 15 is 0 Å². The number of nitrogens with zero attached hydrogens (tertiary/aromatic N) is 2. The van der Waals surface area contributed by atoms with E-state index in [-0.39, 0.29) is 6.04 Å². The molecule has 1 atom stereocenters. The fraction of sp³-hybridized carbons (Fsp3) is 0.400. The van der Waals surface area contributed by atoms with Gasteiger partial charge in [-0.05, 0) is 31.0 Å². The first-order valence-corrected chi connectivity index (χ1v) is 6.58. The summed E-state index contributed by atoms with van der Waals surface area (Å²) < 4.78 is 7.72. The van der Waals surface area contributed by atoms with Gasteiger partial charge in [-0.15, -0.1) is 0 Å². The van der Waals surface area contributed by atoms with Crippen LogP contribution in [-0.4, -0.2) is 22.2 Å². The van der Waals surface area contributed by atoms with E-state index in [4.69, 9.17) is 10.5 Å². The Morgan fingerprint density at radius 3 is 2.63 bits per heavy atom. The number of aryl methyl sites for hydroxylation is 1. The Morgan fingerprint density at radius 2 is 2.05 bits per heavy atom. The van der Waals surface area contributed by atoms with Crippen LogP contribution in [0.25, 0.3) is 0 Å². The molecule has 1 heterocycles. The molecule has 1 aromatic carbocycles. The Labute approximate surface area is 114 Å². The highest BCUT2D eigenvalue weighted by atomic mass is 16.5. The van der Waals surface area contributed by atoms with Gasteiger partial charge in [0.25, 0.3) is 0 Å². The lowest BCUT2D eigenvalue weighted by molar-refractivity contribution is 0.317. The largest absolute Gasteiger partial charge is 0.493 e. The molecule has 0 spiro atoms. The molecule has 0 saturated heterocycles. The summed E-state index contributed by atoms with van der Waals surface area (Å²) in [6.45, 7) is 2.65. The molecule has 1 aromatic heterocycles. The second kappa shape index (κ2) is 6.38. The van der Waals surface area contributed by atoms with Crippen molar-refractivity contribution in [1.82, 2.24) is 9.55 Å². The van der Waals surface area contributed by atoms with Crippen molar-refractivity contribution in [1.29, 1.82) is 0 Å². The summed E-state index contributed by atoms with van der Waals surface area (Å²) in [4.78, 5) is 4.26. The van der Waals surface area contributed by atoms with E-state index in [1.165, 1.54) is 5.56 Å². The van der Waals surface area contributed by atoms with Gasteiger partial charge < -0.3 is 15.0 Å². The van der Waals surface area contributed by atoms with Crippen LogP contribution in [0.5, 0.6) is 5.75 Å². The maximum atomic E-state index is 5.77. The van der Waals surface area contributed by atoms with Crippen LogP contribution in [0.4, 0.5) is 0 Å². The van der Waals surface area contributed by atoms with Gasteiger partial charge in [0.15, 0.2) is 0 Å². The van der Waals surface area contributed by atoms with E-state index in [2.05, 4.69) is 17.1 Å². The lowest BCUT2D eigenvalue weighted by Crippen LogP contribution is -2.17. The van der Waals surface area contributed by atoms with Crippen molar-refractivity contribution in [2.75, 3.05) is 6.61 Å². The zero-order valence-corrected chi connectivity index (χ0v) is 11.5. The van der Waals surface area contributed by atoms with Crippen molar-refractivity contribution in [3.8, 4) is 5.75 Å². The first-order valence-electron chi connectivity index (χ1n) is 6.58. The molecule has 2 N–H and O–H groups in total. The van der Waals surface area contributed by atoms with Crippen molar-refractivity contribution < 1.29 is 4.74 Å². The Morgan fingerprint density at radius 1 is 1.32 bits per heavy atom. The van der Waals surface area contributed by atoms with E-state index in [9.17, 15) is 0 Å². The lowest BCUT2D eigenvalue weighted by atomic mass is 10.1. The molecule has 0 aliphatic heterocycles. The van der Waals surface area contributed by atoms with Gasteiger partial charge in [-0.2, -0.15) is 0 Å². The Bertz CT molecular complexity index is 502. The van der Waals surface area contributed by atoms with E-state index in [1.807, 2.05) is 36.9 Å². The van der Waals surface area contributed by atoms with E-state index in [0.29, 0.717) is 6.61 Å². The third-order valence-corrected chi connectivity index (χ3v) is 3.00. The number of ether oxygens (including phenoxy) is 1. The van der Waals surface area contributed by atoms with Crippen LogP contribution in [0.1, 0.15) is 18.3 Å². The molecule has 1 unspecified atom stereocenters. The lowest BCUT2D eigenvalue weighted by Gasteiger charge is -2.08. The molecule has 4 nitrogen and oxygen atoms in total. The zero-order valence-electron chi connectivity index (χ0n) is 11.5. The molecule has 2 aromatic rings. The van der Waals surface area contributed by atoms with Gasteiger partial charge in [-0.1, -0.05) is 12.1 Å². The summed E-state index contributed by atoms with van der Waals surface area (Å²) in [5.41, 5.74) is 7.01. The first-order chi connectivity index (χ1) is 9.15. The molecular weight excluding hydrogens is 238 g/mol. The molecule has 2 rings (SSSR count). The third kappa shape index (κ3) is 4.10. The molecular formula is C15H21N3O. The smallest absolute Gasteiger partial charge is 0.119 e. The monoisotopic (exact) mass is 259 g/mol. The van der Waals surface area contributed by atoms with Gasteiger partial charge in [0, 0.05) is 31.9 Å². The van der Waals surface area contributed by atoms with Crippen LogP contribution >= 0.6 is 0 Å². The van der Waals surface area contributed by atoms with E-state index in [1.54, 1.807) is 6.20 Å². The summed E-state index contributed by atoms with van der Waals surface area (Å²) in [6.07, 6.45) is 5.45. The van der Waals surface area contributed by atoms with Crippen molar-refractivity contribution in [2.24, 2.45) is 12.8 Å². The van der Waals surface area contributed by atoms with Crippen LogP contribution < -0.4 is 10.5 Å². The van der Waals surface area contributed by atoms with Crippen LogP contribution in [0.2, 0.25) is 0 Å². The number of hydrogen-bond donors (Lipinski definition) is 1. The number of rotatable bonds is 6. The van der Waals surface area contributed by atoms with Gasteiger partial charge in [0.05, 0.1) is 6.61 Å². The van der Waals surface area contributed by atoms with Crippen molar-refractivity contribution in [2.45, 2.75) is 25.8 Å². The van der Waals surface area contributed by atoms with Gasteiger partial charge in [0.2, 0.25) is 0 Å². The molecule has 0 fully saturated rings. The average molecular weight is 259 g/mol. The molecule has 0 saturated carbocycles. The second-order valence-electron chi connectivity index (χ2n) is 4.88. The molecule has 19 heavy (non-hydrogen) atoms. The van der Waals surface area contributed by atoms with Crippen LogP contribution in [0.15, 0.2) is 36.7 Å². The van der Waals surface area contributed by atoms with Crippen LogP contribution in [-0.2, 0) is 19.9 Å². The van der Waals surface area contributed by atoms with Gasteiger partial charge in [-0.25, -0.2) is 4.98 Å². The van der Waals surface area contributed by atoms with Gasteiger partial charge in [-0.3, -0.25) is 0 Å². The predicted molar refractivity (Wildman–Crippen MR) is 76.2 cm³/mol. The number of nitrogens with two attached hydrogens (primary N) is 1. The fourth-order valence-corrected chi connectivity index (χ4v) is 1.99. The molecule has 0 aliphatic carbocycles. The zero-order chi connectivity index (χ0) is 13.7. The maximum Gasteiger partial charge on any atom is 0.119 e. The van der Waals surface area contributed by atoms with Crippen molar-refractivity contribution >= 4 is 0 Å². The predicted octanol–water partition coefficient (Wildman–Crippen LogP) is 1.93. The summed E-state index contributed by atoms with van der Waals surface area (Å²) >= 11 is 0. The Balaban J connectivity index is 1.81. The average Bonchev–Trinajstić information content (AvgIpc) is 2.77. The van der Waals surface area contributed by atoms with E-state index < -0.39 is 0 Å². The highest BCUT2D eigenvalue weighted by Crippen LogP contribution is 2.13. The summed E-state index contributed by atoms with van der Waals surface area (Å²) in [5, 5.41) is 0. The molecule has 4 heteroatoms. The number of hydrogen-bond acceptors (Lipinski definition) is 3. The highest BCUT2D eigenvalue weighted by molar-refractivity contribution is 5.27. The Kier molecular flexibility index (Phi) is 4.58. The molecule has 0 aliphatic rings. The molecule has 0 amide bonds. The van der Waals surface area contributed by atoms with Gasteiger partial charge in [0.1, 0.15) is 11.6 Å². The minimum atomic E-state index is 0.190. The van der Waals surface area contributed by atoms with Crippen molar-refractivity contribution in [3.05, 3.63) is 48.0 Å². The second-order valence-corrected chi connectivity index (χ2v) is 4.88. The summed E-state index contributed by atoms with van der Waals surface area (Å²) in [7, 11) is 1.99. The number of benzene rings is 1. The quantitative estimate of drug-likeness (QED) is 0.862. The maximum absolute atomic E-state index is 5.77. The highest BCUT2D eigenvalue weighted by Gasteiger charge is 2.01. The normalized spacial score (nSPS) is 12.4. The molecule has 0 bridgehead atoms. The van der Waals surface area contributed by atoms with Crippen LogP contribution in [0.3, 0.4) is 0 Å². The first kappa shape index (κ1) is 13.6. The summed E-state index contributed by atoms with van der Waals surface area (Å²) in [5.74, 6) is 1.93.